The summed E-state index contributed by atoms with van der Waals surface area (Å²) < 4.78 is 0. The molecule has 0 spiro atoms. The molecule has 0 aliphatic heterocycles. The third-order valence-electron chi connectivity index (χ3n) is 2.79. The van der Waals surface area contributed by atoms with Gasteiger partial charge in [-0.15, -0.1) is 0 Å². The third-order valence-corrected chi connectivity index (χ3v) is 3.20. The number of halogens is 1. The molecular formula is C14H12ClN3O3. The van der Waals surface area contributed by atoms with Crippen molar-refractivity contribution < 1.29 is 10.0 Å². The highest BCUT2D eigenvalue weighted by Crippen LogP contribution is 2.22. The van der Waals surface area contributed by atoms with E-state index in [4.69, 9.17) is 11.6 Å². The normalized spacial score (nSPS) is 10.8. The van der Waals surface area contributed by atoms with Gasteiger partial charge < -0.3 is 5.11 Å². The minimum absolute atomic E-state index is 0.0897. The van der Waals surface area contributed by atoms with E-state index in [-0.39, 0.29) is 17.0 Å². The molecule has 0 saturated heterocycles. The fourth-order valence-corrected chi connectivity index (χ4v) is 1.78. The molecular weight excluding hydrogens is 294 g/mol. The van der Waals surface area contributed by atoms with E-state index in [1.54, 1.807) is 12.1 Å². The number of benzene rings is 2. The van der Waals surface area contributed by atoms with Gasteiger partial charge in [-0.2, -0.15) is 5.10 Å². The van der Waals surface area contributed by atoms with Gasteiger partial charge in [0.05, 0.1) is 16.8 Å². The molecule has 2 N–H and O–H groups in total. The summed E-state index contributed by atoms with van der Waals surface area (Å²) in [6, 6.07) is 9.06. The highest BCUT2D eigenvalue weighted by Gasteiger charge is 2.08. The molecule has 6 nitrogen and oxygen atoms in total. The van der Waals surface area contributed by atoms with Gasteiger partial charge in [0.25, 0.3) is 5.69 Å². The number of nitrogens with zero attached hydrogens (tertiary/aromatic N) is 2. The van der Waals surface area contributed by atoms with Gasteiger partial charge in [-0.1, -0.05) is 17.7 Å². The monoisotopic (exact) mass is 305 g/mol. The van der Waals surface area contributed by atoms with Crippen molar-refractivity contribution in [2.75, 3.05) is 5.43 Å². The highest BCUT2D eigenvalue weighted by molar-refractivity contribution is 6.31. The number of rotatable bonds is 4. The van der Waals surface area contributed by atoms with Crippen molar-refractivity contribution in [3.05, 3.63) is 62.7 Å². The number of aromatic hydroxyl groups is 1. The highest BCUT2D eigenvalue weighted by atomic mass is 35.5. The van der Waals surface area contributed by atoms with Crippen LogP contribution in [0.15, 0.2) is 41.5 Å². The van der Waals surface area contributed by atoms with E-state index in [0.717, 1.165) is 5.56 Å². The second-order valence-electron chi connectivity index (χ2n) is 4.33. The number of nitro benzene ring substituents is 1. The fourth-order valence-electron chi connectivity index (χ4n) is 1.60. The number of nitro groups is 1. The number of anilines is 1. The number of phenols is 1. The van der Waals surface area contributed by atoms with Crippen molar-refractivity contribution in [3.8, 4) is 5.75 Å². The number of aryl methyl sites for hydroxylation is 1. The maximum Gasteiger partial charge on any atom is 0.270 e. The van der Waals surface area contributed by atoms with Crippen LogP contribution in [0.2, 0.25) is 5.02 Å². The smallest absolute Gasteiger partial charge is 0.270 e. The van der Waals surface area contributed by atoms with Crippen molar-refractivity contribution in [1.82, 2.24) is 0 Å². The Morgan fingerprint density at radius 2 is 2.10 bits per heavy atom. The quantitative estimate of drug-likeness (QED) is 0.512. The first-order valence-corrected chi connectivity index (χ1v) is 6.38. The summed E-state index contributed by atoms with van der Waals surface area (Å²) in [5, 5.41) is 24.8. The number of phenolic OH excluding ortho intramolecular Hbond substituents is 1. The Balaban J connectivity index is 2.15. The summed E-state index contributed by atoms with van der Waals surface area (Å²) in [6.07, 6.45) is 1.30. The maximum atomic E-state index is 10.7. The van der Waals surface area contributed by atoms with Gasteiger partial charge in [0.15, 0.2) is 0 Å². The first kappa shape index (κ1) is 14.8. The standard InChI is InChI=1S/C14H12ClN3O3/c1-9-2-3-11(7-13(9)15)17-16-8-10-6-12(18(20)21)4-5-14(10)19/h2-8,17,19H,1H3/b16-8-. The van der Waals surface area contributed by atoms with Crippen LogP contribution in [0.4, 0.5) is 11.4 Å². The second-order valence-corrected chi connectivity index (χ2v) is 4.74. The molecule has 0 saturated carbocycles. The molecule has 0 bridgehead atoms. The molecule has 0 aromatic heterocycles. The van der Waals surface area contributed by atoms with E-state index >= 15 is 0 Å². The molecule has 0 unspecified atom stereocenters. The molecule has 21 heavy (non-hydrogen) atoms. The molecule has 2 aromatic rings. The van der Waals surface area contributed by atoms with E-state index in [9.17, 15) is 15.2 Å². The average Bonchev–Trinajstić information content (AvgIpc) is 2.44. The topological polar surface area (TPSA) is 87.8 Å². The largest absolute Gasteiger partial charge is 0.507 e. The molecule has 0 heterocycles. The van der Waals surface area contributed by atoms with Crippen LogP contribution in [0, 0.1) is 17.0 Å². The number of hydrazone groups is 1. The number of nitrogens with one attached hydrogen (secondary N) is 1. The lowest BCUT2D eigenvalue weighted by Gasteiger charge is -2.03. The van der Waals surface area contributed by atoms with Gasteiger partial charge >= 0.3 is 0 Å². The Hall–Kier alpha value is -2.60. The molecule has 0 aliphatic rings. The van der Waals surface area contributed by atoms with E-state index in [1.165, 1.54) is 24.4 Å². The summed E-state index contributed by atoms with van der Waals surface area (Å²) in [5.74, 6) is -0.0897. The van der Waals surface area contributed by atoms with Crippen LogP contribution in [0.5, 0.6) is 5.75 Å². The van der Waals surface area contributed by atoms with E-state index in [0.29, 0.717) is 10.7 Å². The molecule has 0 fully saturated rings. The van der Waals surface area contributed by atoms with Crippen molar-refractivity contribution in [2.45, 2.75) is 6.92 Å². The van der Waals surface area contributed by atoms with Crippen LogP contribution in [-0.2, 0) is 0 Å². The van der Waals surface area contributed by atoms with Gasteiger partial charge in [-0.3, -0.25) is 15.5 Å². The molecule has 108 valence electrons. The SMILES string of the molecule is Cc1ccc(N/N=C\c2cc([N+](=O)[O-])ccc2O)cc1Cl. The van der Waals surface area contributed by atoms with Gasteiger partial charge in [0.1, 0.15) is 5.75 Å². The first-order chi connectivity index (χ1) is 9.97. The summed E-state index contributed by atoms with van der Waals surface area (Å²) >= 11 is 5.98. The molecule has 0 radical (unpaired) electrons. The zero-order valence-electron chi connectivity index (χ0n) is 11.1. The Morgan fingerprint density at radius 1 is 1.33 bits per heavy atom. The lowest BCUT2D eigenvalue weighted by Crippen LogP contribution is -1.93. The number of hydrogen-bond donors (Lipinski definition) is 2. The molecule has 7 heteroatoms. The van der Waals surface area contributed by atoms with Gasteiger partial charge in [0, 0.05) is 22.7 Å². The predicted molar refractivity (Wildman–Crippen MR) is 82.2 cm³/mol. The summed E-state index contributed by atoms with van der Waals surface area (Å²) in [4.78, 5) is 10.1. The third kappa shape index (κ3) is 3.70. The van der Waals surface area contributed by atoms with Gasteiger partial charge in [0.2, 0.25) is 0 Å². The number of hydrogen-bond acceptors (Lipinski definition) is 5. The van der Waals surface area contributed by atoms with Crippen LogP contribution < -0.4 is 5.43 Å². The van der Waals surface area contributed by atoms with Crippen LogP contribution in [0.3, 0.4) is 0 Å². The fraction of sp³-hybridized carbons (Fsp3) is 0.0714. The Labute approximate surface area is 125 Å². The lowest BCUT2D eigenvalue weighted by molar-refractivity contribution is -0.384. The molecule has 2 aromatic carbocycles. The second kappa shape index (κ2) is 6.23. The Morgan fingerprint density at radius 3 is 2.76 bits per heavy atom. The summed E-state index contributed by atoms with van der Waals surface area (Å²) in [7, 11) is 0. The van der Waals surface area contributed by atoms with Crippen molar-refractivity contribution >= 4 is 29.2 Å². The first-order valence-electron chi connectivity index (χ1n) is 6.00. The Kier molecular flexibility index (Phi) is 4.39. The average molecular weight is 306 g/mol. The van der Waals surface area contributed by atoms with Crippen molar-refractivity contribution in [2.24, 2.45) is 5.10 Å². The van der Waals surface area contributed by atoms with E-state index < -0.39 is 4.92 Å². The Bertz CT molecular complexity index is 717. The van der Waals surface area contributed by atoms with Crippen LogP contribution >= 0.6 is 11.6 Å². The van der Waals surface area contributed by atoms with E-state index in [1.807, 2.05) is 13.0 Å². The zero-order valence-corrected chi connectivity index (χ0v) is 11.8. The van der Waals surface area contributed by atoms with Crippen molar-refractivity contribution in [3.63, 3.8) is 0 Å². The lowest BCUT2D eigenvalue weighted by atomic mass is 10.2. The molecule has 2 rings (SSSR count). The zero-order chi connectivity index (χ0) is 15.4. The summed E-state index contributed by atoms with van der Waals surface area (Å²) in [5.41, 5.74) is 4.49. The van der Waals surface area contributed by atoms with Gasteiger partial charge in [-0.05, 0) is 30.7 Å². The molecule has 0 aliphatic carbocycles. The molecule has 0 amide bonds. The molecule has 0 atom stereocenters. The minimum Gasteiger partial charge on any atom is -0.507 e. The summed E-state index contributed by atoms with van der Waals surface area (Å²) in [6.45, 7) is 1.89. The number of non-ortho nitro benzene ring substituents is 1. The van der Waals surface area contributed by atoms with Gasteiger partial charge in [-0.25, -0.2) is 0 Å². The predicted octanol–water partition coefficient (Wildman–Crippen LogP) is 3.71. The van der Waals surface area contributed by atoms with Crippen LogP contribution in [0.25, 0.3) is 0 Å². The van der Waals surface area contributed by atoms with Crippen LogP contribution in [0.1, 0.15) is 11.1 Å². The minimum atomic E-state index is -0.538. The maximum absolute atomic E-state index is 10.7. The van der Waals surface area contributed by atoms with Crippen LogP contribution in [-0.4, -0.2) is 16.2 Å². The van der Waals surface area contributed by atoms with E-state index in [2.05, 4.69) is 10.5 Å². The van der Waals surface area contributed by atoms with Crippen molar-refractivity contribution in [1.29, 1.82) is 0 Å².